The van der Waals surface area contributed by atoms with Crippen molar-refractivity contribution >= 4 is 11.0 Å². The van der Waals surface area contributed by atoms with Crippen molar-refractivity contribution in [1.29, 1.82) is 0 Å². The molecular weight excluding hydrogens is 368 g/mol. The van der Waals surface area contributed by atoms with Crippen LogP contribution in [0.4, 0.5) is 0 Å². The van der Waals surface area contributed by atoms with E-state index in [1.54, 1.807) is 0 Å². The number of para-hydroxylation sites is 2. The third-order valence-corrected chi connectivity index (χ3v) is 5.40. The van der Waals surface area contributed by atoms with Crippen LogP contribution < -0.4 is 17.0 Å². The summed E-state index contributed by atoms with van der Waals surface area (Å²) in [6.45, 7) is 7.15. The number of nitrogens with zero attached hydrogens (tertiary/aromatic N) is 2. The second-order valence-electron chi connectivity index (χ2n) is 7.84. The predicted octanol–water partition coefficient (Wildman–Crippen LogP) is 3.63. The molecule has 3 nitrogen and oxygen atoms in total. The van der Waals surface area contributed by atoms with Gasteiger partial charge in [0.25, 0.3) is 0 Å². The summed E-state index contributed by atoms with van der Waals surface area (Å²) in [5.74, 6) is 0. The Labute approximate surface area is 178 Å². The van der Waals surface area contributed by atoms with Crippen molar-refractivity contribution in [3.63, 3.8) is 0 Å². The molecule has 0 amide bonds. The number of hydrogen-bond acceptors (Lipinski definition) is 1. The number of benzene rings is 1. The lowest BCUT2D eigenvalue weighted by Gasteiger charge is -2.03. The van der Waals surface area contributed by atoms with Gasteiger partial charge >= 0.3 is 0 Å². The molecule has 0 fully saturated rings. The van der Waals surface area contributed by atoms with Gasteiger partial charge in [-0.25, -0.2) is 9.13 Å². The summed E-state index contributed by atoms with van der Waals surface area (Å²) in [7, 11) is 0. The van der Waals surface area contributed by atoms with E-state index in [0.29, 0.717) is 6.73 Å². The van der Waals surface area contributed by atoms with Crippen molar-refractivity contribution in [1.82, 2.24) is 4.57 Å². The minimum absolute atomic E-state index is 0. The number of aromatic nitrogens is 2. The van der Waals surface area contributed by atoms with Gasteiger partial charge < -0.3 is 17.1 Å². The van der Waals surface area contributed by atoms with Crippen LogP contribution in [0.25, 0.3) is 11.0 Å². The van der Waals surface area contributed by atoms with E-state index in [2.05, 4.69) is 53.6 Å². The van der Waals surface area contributed by atoms with Gasteiger partial charge in [0.05, 0.1) is 13.2 Å². The summed E-state index contributed by atoms with van der Waals surface area (Å²) in [5, 5.41) is 0. The van der Waals surface area contributed by atoms with Gasteiger partial charge in [-0.3, -0.25) is 0 Å². The summed E-state index contributed by atoms with van der Waals surface area (Å²) in [6, 6.07) is 8.65. The Morgan fingerprint density at radius 3 is 2.07 bits per heavy atom. The maximum atomic E-state index is 5.97. The van der Waals surface area contributed by atoms with Gasteiger partial charge in [0, 0.05) is 0 Å². The summed E-state index contributed by atoms with van der Waals surface area (Å²) in [4.78, 5) is 0. The van der Waals surface area contributed by atoms with Gasteiger partial charge in [-0.1, -0.05) is 90.2 Å². The lowest BCUT2D eigenvalue weighted by Crippen LogP contribution is -3.00. The van der Waals surface area contributed by atoms with Crippen molar-refractivity contribution in [2.75, 3.05) is 6.61 Å². The highest BCUT2D eigenvalue weighted by Crippen LogP contribution is 2.12. The van der Waals surface area contributed by atoms with E-state index in [1.807, 2.05) is 0 Å². The Balaban J connectivity index is 0.00000392. The van der Waals surface area contributed by atoms with Crippen LogP contribution in [0.2, 0.25) is 0 Å². The zero-order valence-electron chi connectivity index (χ0n) is 18.2. The van der Waals surface area contributed by atoms with Crippen LogP contribution in [0.15, 0.2) is 30.6 Å². The molecule has 4 heteroatoms. The molecule has 0 aliphatic rings. The number of hydrogen-bond donors (Lipinski definition) is 0. The van der Waals surface area contributed by atoms with Crippen LogP contribution in [-0.4, -0.2) is 11.2 Å². The third-order valence-electron chi connectivity index (χ3n) is 5.40. The van der Waals surface area contributed by atoms with Gasteiger partial charge in [-0.05, 0) is 25.0 Å². The molecule has 0 unspecified atom stereocenters. The van der Waals surface area contributed by atoms with Crippen molar-refractivity contribution in [2.24, 2.45) is 0 Å². The quantitative estimate of drug-likeness (QED) is 0.306. The standard InChI is InChI=1S/C24H41N2O.ClH/c1-3-5-7-8-9-10-11-12-13-16-20-27-22-26-21-25(19-6-4-2)23-17-14-15-18-24(23)26;/h14-15,17-18,21H,3-13,16,19-20,22H2,1-2H3;1H/q+1;/p-1. The van der Waals surface area contributed by atoms with Crippen LogP contribution >= 0.6 is 0 Å². The third kappa shape index (κ3) is 8.96. The van der Waals surface area contributed by atoms with Gasteiger partial charge in [-0.2, -0.15) is 0 Å². The van der Waals surface area contributed by atoms with E-state index in [1.165, 1.54) is 88.1 Å². The number of aryl methyl sites for hydroxylation is 1. The molecule has 2 rings (SSSR count). The highest BCUT2D eigenvalue weighted by Gasteiger charge is 2.14. The van der Waals surface area contributed by atoms with Gasteiger partial charge in [0.2, 0.25) is 6.33 Å². The highest BCUT2D eigenvalue weighted by atomic mass is 35.5. The molecule has 0 bridgehead atoms. The lowest BCUT2D eigenvalue weighted by molar-refractivity contribution is -0.710. The van der Waals surface area contributed by atoms with Gasteiger partial charge in [0.15, 0.2) is 17.8 Å². The summed E-state index contributed by atoms with van der Waals surface area (Å²) >= 11 is 0. The molecule has 0 spiro atoms. The molecular formula is C24H41ClN2O. The van der Waals surface area contributed by atoms with Gasteiger partial charge in [0.1, 0.15) is 0 Å². The number of rotatable bonds is 16. The molecule has 1 heterocycles. The van der Waals surface area contributed by atoms with Crippen molar-refractivity contribution < 1.29 is 21.7 Å². The largest absolute Gasteiger partial charge is 1.00 e. The van der Waals surface area contributed by atoms with E-state index >= 15 is 0 Å². The lowest BCUT2D eigenvalue weighted by atomic mass is 10.1. The Bertz CT molecular complexity index is 626. The summed E-state index contributed by atoms with van der Waals surface area (Å²) in [6.07, 6.45) is 18.4. The van der Waals surface area contributed by atoms with Crippen molar-refractivity contribution in [3.05, 3.63) is 30.6 Å². The summed E-state index contributed by atoms with van der Waals surface area (Å²) < 4.78 is 10.6. The number of halogens is 1. The fourth-order valence-electron chi connectivity index (χ4n) is 3.71. The maximum absolute atomic E-state index is 5.97. The molecule has 0 saturated carbocycles. The molecule has 0 saturated heterocycles. The average molecular weight is 409 g/mol. The minimum atomic E-state index is 0. The van der Waals surface area contributed by atoms with Gasteiger partial charge in [-0.15, -0.1) is 0 Å². The Morgan fingerprint density at radius 2 is 1.39 bits per heavy atom. The highest BCUT2D eigenvalue weighted by molar-refractivity contribution is 5.71. The minimum Gasteiger partial charge on any atom is -1.00 e. The van der Waals surface area contributed by atoms with Crippen LogP contribution in [0.3, 0.4) is 0 Å². The zero-order chi connectivity index (χ0) is 19.2. The molecule has 28 heavy (non-hydrogen) atoms. The fraction of sp³-hybridized carbons (Fsp3) is 0.708. The maximum Gasteiger partial charge on any atom is 0.246 e. The second-order valence-corrected chi connectivity index (χ2v) is 7.84. The molecule has 1 aromatic heterocycles. The molecule has 0 N–H and O–H groups in total. The molecule has 0 aliphatic carbocycles. The first-order valence-corrected chi connectivity index (χ1v) is 11.4. The predicted molar refractivity (Wildman–Crippen MR) is 115 cm³/mol. The Morgan fingerprint density at radius 1 is 0.786 bits per heavy atom. The Kier molecular flexibility index (Phi) is 14.1. The monoisotopic (exact) mass is 408 g/mol. The number of fused-ring (bicyclic) bond motifs is 1. The van der Waals surface area contributed by atoms with Crippen LogP contribution in [-0.2, 0) is 18.0 Å². The van der Waals surface area contributed by atoms with Crippen LogP contribution in [0, 0.1) is 0 Å². The first-order chi connectivity index (χ1) is 13.4. The van der Waals surface area contributed by atoms with E-state index in [9.17, 15) is 0 Å². The van der Waals surface area contributed by atoms with E-state index < -0.39 is 0 Å². The van der Waals surface area contributed by atoms with E-state index in [-0.39, 0.29) is 12.4 Å². The molecule has 160 valence electrons. The fourth-order valence-corrected chi connectivity index (χ4v) is 3.71. The second kappa shape index (κ2) is 15.8. The topological polar surface area (TPSA) is 18.0 Å². The zero-order valence-corrected chi connectivity index (χ0v) is 18.9. The SMILES string of the molecule is CCCCCCCCCCCCOC[n+]1cn(CCCC)c2ccccc21.[Cl-]. The molecule has 2 aromatic rings. The van der Waals surface area contributed by atoms with E-state index in [4.69, 9.17) is 4.74 Å². The number of unbranched alkanes of at least 4 members (excludes halogenated alkanes) is 10. The molecule has 0 radical (unpaired) electrons. The van der Waals surface area contributed by atoms with Crippen LogP contribution in [0.5, 0.6) is 0 Å². The first-order valence-electron chi connectivity index (χ1n) is 11.4. The van der Waals surface area contributed by atoms with Crippen molar-refractivity contribution in [2.45, 2.75) is 104 Å². The van der Waals surface area contributed by atoms with Crippen molar-refractivity contribution in [3.8, 4) is 0 Å². The van der Waals surface area contributed by atoms with Crippen LogP contribution in [0.1, 0.15) is 90.9 Å². The molecule has 1 aromatic carbocycles. The smallest absolute Gasteiger partial charge is 0.246 e. The normalized spacial score (nSPS) is 11.1. The molecule has 0 aliphatic heterocycles. The average Bonchev–Trinajstić information content (AvgIpc) is 3.05. The Hall–Kier alpha value is -1.06. The summed E-state index contributed by atoms with van der Waals surface area (Å²) in [5.41, 5.74) is 2.59. The van der Waals surface area contributed by atoms with E-state index in [0.717, 1.165) is 13.2 Å². The first kappa shape index (κ1) is 25.0. The number of ether oxygens (including phenoxy) is 1. The molecule has 0 atom stereocenters. The number of imidazole rings is 1.